The van der Waals surface area contributed by atoms with Crippen LogP contribution in [0.2, 0.25) is 0 Å². The first kappa shape index (κ1) is 21.3. The van der Waals surface area contributed by atoms with Crippen LogP contribution in [0, 0.1) is 5.92 Å². The number of imidazole rings is 1. The number of anilines is 1. The van der Waals surface area contributed by atoms with Gasteiger partial charge in [-0.3, -0.25) is 9.59 Å². The Morgan fingerprint density at radius 1 is 1.00 bits per heavy atom. The maximum absolute atomic E-state index is 12.5. The first-order chi connectivity index (χ1) is 14.4. The fraction of sp³-hybridized carbons (Fsp3) is 0.292. The molecule has 2 aromatic carbocycles. The summed E-state index contributed by atoms with van der Waals surface area (Å²) in [6.45, 7) is 5.69. The summed E-state index contributed by atoms with van der Waals surface area (Å²) >= 11 is 0. The molecule has 30 heavy (non-hydrogen) atoms. The van der Waals surface area contributed by atoms with Gasteiger partial charge in [0, 0.05) is 23.2 Å². The van der Waals surface area contributed by atoms with Crippen LogP contribution in [0.4, 0.5) is 5.82 Å². The van der Waals surface area contributed by atoms with Gasteiger partial charge in [0.15, 0.2) is 5.82 Å². The number of nitrogens with one attached hydrogen (secondary N) is 2. The van der Waals surface area contributed by atoms with E-state index in [1.165, 1.54) is 5.56 Å². The number of benzene rings is 2. The Morgan fingerprint density at radius 3 is 2.37 bits per heavy atom. The van der Waals surface area contributed by atoms with Crippen LogP contribution in [-0.2, 0) is 11.2 Å². The molecule has 0 saturated heterocycles. The third-order valence-corrected chi connectivity index (χ3v) is 4.87. The first-order valence-corrected chi connectivity index (χ1v) is 10.2. The highest BCUT2D eigenvalue weighted by Crippen LogP contribution is 2.14. The standard InChI is InChI=1S/C24H28N4O2/c1-17(2)23(29)27-22-15-28(16-25-22)21-13-11-20(12-14-21)24(30)26-18(3)9-10-19-7-5-4-6-8-19/h4-8,11-18H,9-10H2,1-3H3,(H,26,30)(H,27,29)/t18-/m0/s1. The molecule has 0 bridgehead atoms. The van der Waals surface area contributed by atoms with Gasteiger partial charge in [-0.15, -0.1) is 0 Å². The molecule has 3 aromatic rings. The summed E-state index contributed by atoms with van der Waals surface area (Å²) in [4.78, 5) is 28.5. The Labute approximate surface area is 177 Å². The largest absolute Gasteiger partial charge is 0.350 e. The molecular formula is C24H28N4O2. The molecule has 2 N–H and O–H groups in total. The van der Waals surface area contributed by atoms with Gasteiger partial charge >= 0.3 is 0 Å². The summed E-state index contributed by atoms with van der Waals surface area (Å²) < 4.78 is 1.81. The third kappa shape index (κ3) is 5.80. The summed E-state index contributed by atoms with van der Waals surface area (Å²) in [5.41, 5.74) is 2.74. The van der Waals surface area contributed by atoms with Gasteiger partial charge in [0.05, 0.1) is 6.20 Å². The Kier molecular flexibility index (Phi) is 7.01. The highest BCUT2D eigenvalue weighted by Gasteiger charge is 2.12. The average Bonchev–Trinajstić information content (AvgIpc) is 3.21. The molecule has 156 valence electrons. The van der Waals surface area contributed by atoms with E-state index in [-0.39, 0.29) is 23.8 Å². The molecule has 1 atom stereocenters. The summed E-state index contributed by atoms with van der Waals surface area (Å²) in [6.07, 6.45) is 5.20. The van der Waals surface area contributed by atoms with Crippen LogP contribution in [0.3, 0.4) is 0 Å². The van der Waals surface area contributed by atoms with E-state index in [2.05, 4.69) is 27.8 Å². The molecule has 0 unspecified atom stereocenters. The predicted molar refractivity (Wildman–Crippen MR) is 119 cm³/mol. The molecule has 2 amide bonds. The quantitative estimate of drug-likeness (QED) is 0.590. The number of carbonyl (C=O) groups excluding carboxylic acids is 2. The van der Waals surface area contributed by atoms with Crippen molar-refractivity contribution in [1.29, 1.82) is 0 Å². The molecule has 1 heterocycles. The minimum absolute atomic E-state index is 0.0753. The van der Waals surface area contributed by atoms with Crippen LogP contribution in [0.1, 0.15) is 43.1 Å². The summed E-state index contributed by atoms with van der Waals surface area (Å²) in [7, 11) is 0. The van der Waals surface area contributed by atoms with E-state index in [1.807, 2.05) is 51.1 Å². The highest BCUT2D eigenvalue weighted by molar-refractivity contribution is 5.94. The predicted octanol–water partition coefficient (Wildman–Crippen LogP) is 4.22. The van der Waals surface area contributed by atoms with Gasteiger partial charge in [-0.2, -0.15) is 0 Å². The number of nitrogens with zero attached hydrogens (tertiary/aromatic N) is 2. The summed E-state index contributed by atoms with van der Waals surface area (Å²) in [6, 6.07) is 17.7. The molecule has 0 radical (unpaired) electrons. The van der Waals surface area contributed by atoms with Gasteiger partial charge in [0.1, 0.15) is 6.33 Å². The third-order valence-electron chi connectivity index (χ3n) is 4.87. The lowest BCUT2D eigenvalue weighted by molar-refractivity contribution is -0.118. The Balaban J connectivity index is 1.55. The van der Waals surface area contributed by atoms with Gasteiger partial charge in [-0.05, 0) is 49.6 Å². The molecule has 0 aliphatic carbocycles. The van der Waals surface area contributed by atoms with Crippen LogP contribution in [0.5, 0.6) is 0 Å². The number of rotatable bonds is 8. The van der Waals surface area contributed by atoms with E-state index in [9.17, 15) is 9.59 Å². The fourth-order valence-electron chi connectivity index (χ4n) is 2.99. The van der Waals surface area contributed by atoms with Crippen molar-refractivity contribution in [2.45, 2.75) is 39.7 Å². The molecule has 6 nitrogen and oxygen atoms in total. The maximum Gasteiger partial charge on any atom is 0.251 e. The molecular weight excluding hydrogens is 376 g/mol. The van der Waals surface area contributed by atoms with Crippen LogP contribution < -0.4 is 10.6 Å². The summed E-state index contributed by atoms with van der Waals surface area (Å²) in [5.74, 6) is 0.233. The molecule has 6 heteroatoms. The van der Waals surface area contributed by atoms with Crippen LogP contribution in [0.25, 0.3) is 5.69 Å². The van der Waals surface area contributed by atoms with Gasteiger partial charge in [-0.25, -0.2) is 4.98 Å². The Morgan fingerprint density at radius 2 is 1.70 bits per heavy atom. The van der Waals surface area contributed by atoms with Gasteiger partial charge in [0.2, 0.25) is 5.91 Å². The number of hydrogen-bond acceptors (Lipinski definition) is 3. The molecule has 1 aromatic heterocycles. The molecule has 0 aliphatic heterocycles. The second kappa shape index (κ2) is 9.87. The lowest BCUT2D eigenvalue weighted by Crippen LogP contribution is -2.32. The van der Waals surface area contributed by atoms with E-state index in [1.54, 1.807) is 29.2 Å². The normalized spacial score (nSPS) is 11.9. The van der Waals surface area contributed by atoms with Crippen molar-refractivity contribution in [1.82, 2.24) is 14.9 Å². The SMILES string of the molecule is CC(C)C(=O)Nc1cn(-c2ccc(C(=O)N[C@@H](C)CCc3ccccc3)cc2)cn1. The summed E-state index contributed by atoms with van der Waals surface area (Å²) in [5, 5.41) is 5.83. The van der Waals surface area contributed by atoms with Crippen molar-refractivity contribution in [3.05, 3.63) is 78.2 Å². The van der Waals surface area contributed by atoms with Crippen molar-refractivity contribution in [2.75, 3.05) is 5.32 Å². The zero-order chi connectivity index (χ0) is 21.5. The second-order valence-corrected chi connectivity index (χ2v) is 7.76. The molecule has 0 aliphatic rings. The Bertz CT molecular complexity index is 978. The zero-order valence-corrected chi connectivity index (χ0v) is 17.6. The van der Waals surface area contributed by atoms with Crippen molar-refractivity contribution in [3.8, 4) is 5.69 Å². The van der Waals surface area contributed by atoms with Gasteiger partial charge < -0.3 is 15.2 Å². The van der Waals surface area contributed by atoms with Crippen molar-refractivity contribution < 1.29 is 9.59 Å². The highest BCUT2D eigenvalue weighted by atomic mass is 16.2. The smallest absolute Gasteiger partial charge is 0.251 e. The van der Waals surface area contributed by atoms with Gasteiger partial charge in [0.25, 0.3) is 5.91 Å². The van der Waals surface area contributed by atoms with E-state index < -0.39 is 0 Å². The second-order valence-electron chi connectivity index (χ2n) is 7.76. The lowest BCUT2D eigenvalue weighted by Gasteiger charge is -2.14. The maximum atomic E-state index is 12.5. The van der Waals surface area contributed by atoms with E-state index >= 15 is 0 Å². The van der Waals surface area contributed by atoms with E-state index in [0.717, 1.165) is 18.5 Å². The number of aryl methyl sites for hydroxylation is 1. The van der Waals surface area contributed by atoms with Crippen molar-refractivity contribution in [2.24, 2.45) is 5.92 Å². The van der Waals surface area contributed by atoms with E-state index in [0.29, 0.717) is 11.4 Å². The van der Waals surface area contributed by atoms with Crippen molar-refractivity contribution in [3.63, 3.8) is 0 Å². The minimum Gasteiger partial charge on any atom is -0.350 e. The zero-order valence-electron chi connectivity index (χ0n) is 17.6. The Hall–Kier alpha value is -3.41. The number of amides is 2. The van der Waals surface area contributed by atoms with Crippen molar-refractivity contribution >= 4 is 17.6 Å². The van der Waals surface area contributed by atoms with Crippen LogP contribution in [0.15, 0.2) is 67.1 Å². The number of hydrogen-bond donors (Lipinski definition) is 2. The number of aromatic nitrogens is 2. The molecule has 3 rings (SSSR count). The van der Waals surface area contributed by atoms with Gasteiger partial charge in [-0.1, -0.05) is 44.2 Å². The minimum atomic E-state index is -0.108. The fourth-order valence-corrected chi connectivity index (χ4v) is 2.99. The van der Waals surface area contributed by atoms with E-state index in [4.69, 9.17) is 0 Å². The molecule has 0 fully saturated rings. The molecule has 0 spiro atoms. The first-order valence-electron chi connectivity index (χ1n) is 10.2. The average molecular weight is 405 g/mol. The lowest BCUT2D eigenvalue weighted by atomic mass is 10.1. The number of carbonyl (C=O) groups is 2. The monoisotopic (exact) mass is 404 g/mol. The van der Waals surface area contributed by atoms with Crippen LogP contribution >= 0.6 is 0 Å². The topological polar surface area (TPSA) is 76.0 Å². The van der Waals surface area contributed by atoms with Crippen LogP contribution in [-0.4, -0.2) is 27.4 Å². The molecule has 0 saturated carbocycles.